The van der Waals surface area contributed by atoms with E-state index in [1.54, 1.807) is 24.1 Å². The minimum absolute atomic E-state index is 0.0993. The molecule has 172 valence electrons. The molecule has 8 nitrogen and oxygen atoms in total. The van der Waals surface area contributed by atoms with Crippen LogP contribution < -0.4 is 16.1 Å². The Kier molecular flexibility index (Phi) is 6.74. The van der Waals surface area contributed by atoms with Crippen molar-refractivity contribution in [2.45, 2.75) is 38.6 Å². The molecule has 1 aliphatic rings. The van der Waals surface area contributed by atoms with Crippen LogP contribution in [0.25, 0.3) is 0 Å². The molecule has 1 aromatic heterocycles. The number of anilines is 1. The maximum absolute atomic E-state index is 12.5. The van der Waals surface area contributed by atoms with Gasteiger partial charge >= 0.3 is 11.7 Å². The van der Waals surface area contributed by atoms with Crippen molar-refractivity contribution in [2.75, 3.05) is 18.6 Å². The van der Waals surface area contributed by atoms with Crippen LogP contribution in [0.4, 0.5) is 5.69 Å². The van der Waals surface area contributed by atoms with Crippen molar-refractivity contribution in [1.29, 1.82) is 0 Å². The van der Waals surface area contributed by atoms with Gasteiger partial charge in [-0.3, -0.25) is 14.3 Å². The van der Waals surface area contributed by atoms with Gasteiger partial charge in [-0.25, -0.2) is 9.59 Å². The van der Waals surface area contributed by atoms with Crippen molar-refractivity contribution >= 4 is 11.7 Å². The lowest BCUT2D eigenvalue weighted by Crippen LogP contribution is -2.36. The van der Waals surface area contributed by atoms with Gasteiger partial charge in [0.15, 0.2) is 0 Å². The van der Waals surface area contributed by atoms with E-state index in [-0.39, 0.29) is 12.7 Å². The summed E-state index contributed by atoms with van der Waals surface area (Å²) in [6.45, 7) is 2.57. The number of esters is 1. The molecule has 0 saturated carbocycles. The number of aromatic amines is 1. The summed E-state index contributed by atoms with van der Waals surface area (Å²) in [5.74, 6) is -0.409. The van der Waals surface area contributed by atoms with Gasteiger partial charge in [-0.2, -0.15) is 0 Å². The fourth-order valence-corrected chi connectivity index (χ4v) is 3.86. The summed E-state index contributed by atoms with van der Waals surface area (Å²) in [5.41, 5.74) is 1.99. The van der Waals surface area contributed by atoms with E-state index in [1.165, 1.54) is 10.8 Å². The van der Waals surface area contributed by atoms with Gasteiger partial charge in [-0.15, -0.1) is 0 Å². The third-order valence-corrected chi connectivity index (χ3v) is 5.71. The first-order valence-electron chi connectivity index (χ1n) is 10.9. The Morgan fingerprint density at radius 2 is 1.85 bits per heavy atom. The Labute approximate surface area is 191 Å². The zero-order chi connectivity index (χ0) is 23.4. The Balaban J connectivity index is 1.41. The number of carbonyl (C=O) groups excluding carboxylic acids is 1. The van der Waals surface area contributed by atoms with E-state index in [9.17, 15) is 14.4 Å². The number of hydrogen-bond donors (Lipinski definition) is 1. The van der Waals surface area contributed by atoms with E-state index in [2.05, 4.69) is 4.98 Å². The predicted octanol–water partition coefficient (Wildman–Crippen LogP) is 3.02. The molecule has 0 bridgehead atoms. The number of aryl methyl sites for hydroxylation is 1. The van der Waals surface area contributed by atoms with Crippen molar-refractivity contribution in [3.05, 3.63) is 98.3 Å². The fourth-order valence-electron chi connectivity index (χ4n) is 3.86. The fraction of sp³-hybridized carbons (Fsp3) is 0.320. The molecule has 0 spiro atoms. The quantitative estimate of drug-likeness (QED) is 0.558. The minimum Gasteiger partial charge on any atom is -0.459 e. The standard InChI is InChI=1S/C25H27N3O5/c1-17-8-10-19(11-9-17)24(30)32-16-20-12-13-22(33-20)28-15-21(23(29)26-25(28)31)27(2)14-18-6-4-3-5-7-18/h3-11,15,20,22H,12-14,16H2,1-2H3,(H,26,29,31)/t20-,22-/m0/s1. The SMILES string of the molecule is Cc1ccc(C(=O)OC[C@@H]2CC[C@@H](n3cc(N(C)Cc4ccccc4)c(=O)[nH]c3=O)O2)cc1. The topological polar surface area (TPSA) is 93.6 Å². The summed E-state index contributed by atoms with van der Waals surface area (Å²) in [5, 5.41) is 0. The zero-order valence-corrected chi connectivity index (χ0v) is 18.7. The van der Waals surface area contributed by atoms with Crippen LogP contribution in [0.5, 0.6) is 0 Å². The van der Waals surface area contributed by atoms with Crippen molar-refractivity contribution in [2.24, 2.45) is 0 Å². The largest absolute Gasteiger partial charge is 0.459 e. The Morgan fingerprint density at radius 1 is 1.12 bits per heavy atom. The molecule has 1 saturated heterocycles. The minimum atomic E-state index is -0.540. The molecule has 8 heteroatoms. The van der Waals surface area contributed by atoms with Crippen molar-refractivity contribution in [1.82, 2.24) is 9.55 Å². The molecule has 2 heterocycles. The first kappa shape index (κ1) is 22.5. The van der Waals surface area contributed by atoms with Crippen LogP contribution in [0.3, 0.4) is 0 Å². The number of carbonyl (C=O) groups is 1. The monoisotopic (exact) mass is 449 g/mol. The van der Waals surface area contributed by atoms with E-state index in [0.717, 1.165) is 11.1 Å². The molecule has 0 unspecified atom stereocenters. The number of nitrogens with zero attached hydrogens (tertiary/aromatic N) is 2. The first-order valence-corrected chi connectivity index (χ1v) is 10.9. The lowest BCUT2D eigenvalue weighted by Gasteiger charge is -2.21. The number of aromatic nitrogens is 2. The van der Waals surface area contributed by atoms with Crippen LogP contribution in [0.2, 0.25) is 0 Å². The van der Waals surface area contributed by atoms with Gasteiger partial charge in [0.1, 0.15) is 18.5 Å². The number of H-pyrrole nitrogens is 1. The number of nitrogens with one attached hydrogen (secondary N) is 1. The summed E-state index contributed by atoms with van der Waals surface area (Å²) in [6, 6.07) is 16.9. The highest BCUT2D eigenvalue weighted by molar-refractivity contribution is 5.89. The smallest absolute Gasteiger partial charge is 0.338 e. The average Bonchev–Trinajstić information content (AvgIpc) is 3.27. The van der Waals surface area contributed by atoms with E-state index < -0.39 is 23.4 Å². The lowest BCUT2D eigenvalue weighted by atomic mass is 10.1. The first-order chi connectivity index (χ1) is 15.9. The average molecular weight is 450 g/mol. The summed E-state index contributed by atoms with van der Waals surface area (Å²) >= 11 is 0. The highest BCUT2D eigenvalue weighted by atomic mass is 16.6. The van der Waals surface area contributed by atoms with Gasteiger partial charge in [0, 0.05) is 19.8 Å². The lowest BCUT2D eigenvalue weighted by molar-refractivity contribution is -0.0339. The highest BCUT2D eigenvalue weighted by Crippen LogP contribution is 2.28. The molecular weight excluding hydrogens is 422 g/mol. The van der Waals surface area contributed by atoms with E-state index in [0.29, 0.717) is 30.6 Å². The van der Waals surface area contributed by atoms with Crippen molar-refractivity contribution in [3.63, 3.8) is 0 Å². The normalized spacial score (nSPS) is 17.6. The number of hydrogen-bond acceptors (Lipinski definition) is 6. The van der Waals surface area contributed by atoms with Crippen molar-refractivity contribution in [3.8, 4) is 0 Å². The summed E-state index contributed by atoms with van der Waals surface area (Å²) < 4.78 is 12.8. The molecule has 1 aliphatic heterocycles. The molecule has 0 amide bonds. The van der Waals surface area contributed by atoms with Crippen LogP contribution >= 0.6 is 0 Å². The molecule has 33 heavy (non-hydrogen) atoms. The molecule has 1 fully saturated rings. The second-order valence-electron chi connectivity index (χ2n) is 8.28. The third kappa shape index (κ3) is 5.40. The molecule has 4 rings (SSSR count). The van der Waals surface area contributed by atoms with E-state index in [4.69, 9.17) is 9.47 Å². The van der Waals surface area contributed by atoms with E-state index in [1.807, 2.05) is 49.4 Å². The van der Waals surface area contributed by atoms with Crippen LogP contribution in [-0.4, -0.2) is 35.3 Å². The number of ether oxygens (including phenoxy) is 2. The molecule has 1 N–H and O–H groups in total. The Bertz CT molecular complexity index is 1220. The number of benzene rings is 2. The maximum atomic E-state index is 12.5. The van der Waals surface area contributed by atoms with Gasteiger partial charge < -0.3 is 14.4 Å². The maximum Gasteiger partial charge on any atom is 0.338 e. The summed E-state index contributed by atoms with van der Waals surface area (Å²) in [6.07, 6.45) is 1.87. The van der Waals surface area contributed by atoms with Gasteiger partial charge in [0.05, 0.1) is 11.7 Å². The second kappa shape index (κ2) is 9.87. The third-order valence-electron chi connectivity index (χ3n) is 5.71. The molecule has 0 radical (unpaired) electrons. The zero-order valence-electron chi connectivity index (χ0n) is 18.7. The molecule has 2 aromatic carbocycles. The summed E-state index contributed by atoms with van der Waals surface area (Å²) in [4.78, 5) is 41.3. The highest BCUT2D eigenvalue weighted by Gasteiger charge is 2.29. The van der Waals surface area contributed by atoms with Crippen LogP contribution in [0, 0.1) is 6.92 Å². The number of rotatable bonds is 7. The Hall–Kier alpha value is -3.65. The molecule has 3 aromatic rings. The van der Waals surface area contributed by atoms with Crippen molar-refractivity contribution < 1.29 is 14.3 Å². The van der Waals surface area contributed by atoms with Gasteiger partial charge in [-0.05, 0) is 37.5 Å². The predicted molar refractivity (Wildman–Crippen MR) is 124 cm³/mol. The van der Waals surface area contributed by atoms with Gasteiger partial charge in [0.2, 0.25) is 0 Å². The molecule has 2 atom stereocenters. The second-order valence-corrected chi connectivity index (χ2v) is 8.28. The molecular formula is C25H27N3O5. The summed E-state index contributed by atoms with van der Waals surface area (Å²) in [7, 11) is 1.80. The van der Waals surface area contributed by atoms with Crippen LogP contribution in [0.15, 0.2) is 70.4 Å². The van der Waals surface area contributed by atoms with E-state index >= 15 is 0 Å². The molecule has 0 aliphatic carbocycles. The van der Waals surface area contributed by atoms with Gasteiger partial charge in [-0.1, -0.05) is 48.0 Å². The van der Waals surface area contributed by atoms with Gasteiger partial charge in [0.25, 0.3) is 5.56 Å². The van der Waals surface area contributed by atoms with Crippen LogP contribution in [0.1, 0.15) is 40.6 Å². The Morgan fingerprint density at radius 3 is 2.58 bits per heavy atom. The van der Waals surface area contributed by atoms with Crippen LogP contribution in [-0.2, 0) is 16.0 Å².